The van der Waals surface area contributed by atoms with Gasteiger partial charge in [0.2, 0.25) is 0 Å². The SMILES string of the molecule is CC/C=C\C/C=C\C/C=C\C/C=C\C/C=C\C/C=C\C/C=C\C/C=C\CCCCCCCCCCCCCCCCC(=O)OC(COC(=O)CCCCCCCC/C=C\C/C=C\C/C=C\C/C=C\C/C=C\C/C=C\C/C=C\C/C=C\CC)COP(=O)(O)OCCN. The normalized spacial score (nSPS) is 14.1. The first-order valence-electron chi connectivity index (χ1n) is 35.9. The summed E-state index contributed by atoms with van der Waals surface area (Å²) < 4.78 is 33.2. The highest BCUT2D eigenvalue weighted by molar-refractivity contribution is 7.47. The van der Waals surface area contributed by atoms with Gasteiger partial charge in [0.15, 0.2) is 6.10 Å². The minimum Gasteiger partial charge on any atom is -0.462 e. The zero-order valence-corrected chi connectivity index (χ0v) is 58.4. The molecule has 0 spiro atoms. The van der Waals surface area contributed by atoms with Crippen LogP contribution in [0.3, 0.4) is 0 Å². The first kappa shape index (κ1) is 85.8. The van der Waals surface area contributed by atoms with Crippen LogP contribution in [0.25, 0.3) is 0 Å². The molecule has 0 heterocycles. The number of allylic oxidation sites excluding steroid dienone is 32. The summed E-state index contributed by atoms with van der Waals surface area (Å²) in [7, 11) is -4.41. The van der Waals surface area contributed by atoms with E-state index in [1.807, 2.05) is 0 Å². The maximum atomic E-state index is 12.8. The van der Waals surface area contributed by atoms with Crippen LogP contribution in [-0.2, 0) is 32.7 Å². The van der Waals surface area contributed by atoms with Crippen LogP contribution in [0, 0.1) is 0 Å². The van der Waals surface area contributed by atoms with E-state index in [1.54, 1.807) is 0 Å². The molecule has 2 atom stereocenters. The molecule has 512 valence electrons. The predicted molar refractivity (Wildman–Crippen MR) is 394 cm³/mol. The van der Waals surface area contributed by atoms with E-state index in [2.05, 4.69) is 208 Å². The highest BCUT2D eigenvalue weighted by Crippen LogP contribution is 2.43. The Kier molecular flexibility index (Phi) is 69.7. The van der Waals surface area contributed by atoms with Crippen molar-refractivity contribution in [3.05, 3.63) is 194 Å². The number of hydrogen-bond donors (Lipinski definition) is 2. The van der Waals surface area contributed by atoms with Crippen LogP contribution >= 0.6 is 7.82 Å². The van der Waals surface area contributed by atoms with Crippen LogP contribution < -0.4 is 5.73 Å². The summed E-state index contributed by atoms with van der Waals surface area (Å²) in [5.74, 6) is -0.854. The Morgan fingerprint density at radius 1 is 0.330 bits per heavy atom. The van der Waals surface area contributed by atoms with Gasteiger partial charge in [0.25, 0.3) is 0 Å². The number of unbranched alkanes of at least 4 members (excludes halogenated alkanes) is 20. The molecule has 0 aromatic carbocycles. The molecule has 0 aliphatic heterocycles. The highest BCUT2D eigenvalue weighted by atomic mass is 31.2. The minimum atomic E-state index is -4.41. The number of carbonyl (C=O) groups is 2. The Morgan fingerprint density at radius 2 is 0.571 bits per heavy atom. The fraction of sp³-hybridized carbons (Fsp3) is 0.580. The lowest BCUT2D eigenvalue weighted by molar-refractivity contribution is -0.161. The van der Waals surface area contributed by atoms with Gasteiger partial charge in [-0.2, -0.15) is 0 Å². The van der Waals surface area contributed by atoms with E-state index in [9.17, 15) is 19.0 Å². The van der Waals surface area contributed by atoms with Gasteiger partial charge in [0.05, 0.1) is 13.2 Å². The summed E-state index contributed by atoms with van der Waals surface area (Å²) in [5.41, 5.74) is 5.40. The Hall–Kier alpha value is -5.15. The van der Waals surface area contributed by atoms with Crippen molar-refractivity contribution in [2.75, 3.05) is 26.4 Å². The molecule has 2 unspecified atom stereocenters. The molecule has 10 heteroatoms. The third-order valence-corrected chi connectivity index (χ3v) is 15.5. The van der Waals surface area contributed by atoms with E-state index in [0.29, 0.717) is 12.8 Å². The lowest BCUT2D eigenvalue weighted by atomic mass is 10.0. The second-order valence-electron chi connectivity index (χ2n) is 23.0. The number of carbonyl (C=O) groups excluding carboxylic acids is 2. The lowest BCUT2D eigenvalue weighted by Crippen LogP contribution is -2.29. The largest absolute Gasteiger partial charge is 0.472 e. The molecule has 0 aliphatic rings. The molecule has 0 saturated heterocycles. The van der Waals surface area contributed by atoms with E-state index in [-0.39, 0.29) is 32.6 Å². The van der Waals surface area contributed by atoms with Crippen LogP contribution in [0.2, 0.25) is 0 Å². The van der Waals surface area contributed by atoms with Crippen molar-refractivity contribution in [1.82, 2.24) is 0 Å². The summed E-state index contributed by atoms with van der Waals surface area (Å²) >= 11 is 0. The van der Waals surface area contributed by atoms with Gasteiger partial charge in [-0.05, 0) is 141 Å². The van der Waals surface area contributed by atoms with E-state index in [4.69, 9.17) is 24.3 Å². The van der Waals surface area contributed by atoms with Crippen LogP contribution in [0.4, 0.5) is 0 Å². The maximum absolute atomic E-state index is 12.8. The topological polar surface area (TPSA) is 134 Å². The quantitative estimate of drug-likeness (QED) is 0.0264. The summed E-state index contributed by atoms with van der Waals surface area (Å²) in [6.45, 7) is 3.49. The monoisotopic (exact) mass is 1280 g/mol. The fourth-order valence-corrected chi connectivity index (χ4v) is 10.0. The molecule has 0 aliphatic carbocycles. The third kappa shape index (κ3) is 73.8. The highest BCUT2D eigenvalue weighted by Gasteiger charge is 2.26. The van der Waals surface area contributed by atoms with Crippen LogP contribution in [0.15, 0.2) is 194 Å². The number of esters is 2. The number of nitrogens with two attached hydrogens (primary N) is 1. The molecule has 0 aromatic heterocycles. The molecule has 0 fully saturated rings. The van der Waals surface area contributed by atoms with Crippen LogP contribution in [0.5, 0.6) is 0 Å². The number of phosphoric acid groups is 1. The number of ether oxygens (including phenoxy) is 2. The molecule has 91 heavy (non-hydrogen) atoms. The van der Waals surface area contributed by atoms with Crippen molar-refractivity contribution in [3.63, 3.8) is 0 Å². The van der Waals surface area contributed by atoms with Gasteiger partial charge >= 0.3 is 19.8 Å². The summed E-state index contributed by atoms with van der Waals surface area (Å²) in [6, 6.07) is 0. The van der Waals surface area contributed by atoms with Gasteiger partial charge in [-0.15, -0.1) is 0 Å². The summed E-state index contributed by atoms with van der Waals surface area (Å²) in [5, 5.41) is 0. The van der Waals surface area contributed by atoms with Gasteiger partial charge in [0.1, 0.15) is 6.61 Å². The molecule has 9 nitrogen and oxygen atoms in total. The molecule has 0 aromatic rings. The van der Waals surface area contributed by atoms with Crippen molar-refractivity contribution in [3.8, 4) is 0 Å². The van der Waals surface area contributed by atoms with Gasteiger partial charge in [-0.25, -0.2) is 4.57 Å². The van der Waals surface area contributed by atoms with Crippen molar-refractivity contribution < 1.29 is 37.6 Å². The van der Waals surface area contributed by atoms with Crippen molar-refractivity contribution in [1.29, 1.82) is 0 Å². The summed E-state index contributed by atoms with van der Waals surface area (Å²) in [6.07, 6.45) is 112. The summed E-state index contributed by atoms with van der Waals surface area (Å²) in [4.78, 5) is 35.4. The second kappa shape index (κ2) is 73.9. The average Bonchev–Trinajstić information content (AvgIpc) is 3.71. The van der Waals surface area contributed by atoms with Gasteiger partial charge in [0, 0.05) is 19.4 Å². The van der Waals surface area contributed by atoms with Crippen LogP contribution in [0.1, 0.15) is 271 Å². The maximum Gasteiger partial charge on any atom is 0.472 e. The molecule has 0 radical (unpaired) electrons. The van der Waals surface area contributed by atoms with E-state index in [1.165, 1.54) is 70.6 Å². The Bertz CT molecular complexity index is 2200. The smallest absolute Gasteiger partial charge is 0.462 e. The van der Waals surface area contributed by atoms with Gasteiger partial charge in [-0.3, -0.25) is 18.6 Å². The van der Waals surface area contributed by atoms with Crippen molar-refractivity contribution >= 4 is 19.8 Å². The van der Waals surface area contributed by atoms with Crippen molar-refractivity contribution in [2.45, 2.75) is 277 Å². The van der Waals surface area contributed by atoms with Gasteiger partial charge in [-0.1, -0.05) is 311 Å². The lowest BCUT2D eigenvalue weighted by Gasteiger charge is -2.19. The Labute approximate surface area is 557 Å². The number of hydrogen-bond acceptors (Lipinski definition) is 8. The van der Waals surface area contributed by atoms with Crippen LogP contribution in [-0.4, -0.2) is 49.3 Å². The molecule has 0 bridgehead atoms. The Morgan fingerprint density at radius 3 is 0.846 bits per heavy atom. The zero-order valence-electron chi connectivity index (χ0n) is 57.5. The van der Waals surface area contributed by atoms with E-state index < -0.39 is 32.5 Å². The standard InChI is InChI=1S/C81H130NO8P/c1-3-5-7-9-11-13-15-17-19-21-23-25-27-29-31-33-35-36-37-38-39-40-41-42-44-46-48-50-52-54-56-58-60-62-64-66-68-70-72-74-81(84)90-79(78-89-91(85,86)88-76-75-82)77-87-80(83)73-71-69-67-65-63-61-59-57-55-53-51-49-47-45-43-34-32-30-28-26-24-22-20-18-16-14-12-10-8-6-4-2/h5-8,11-14,17-20,23-26,29-32,35-36,38-39,41-43,45,49,51,55,57,79H,3-4,9-10,15-16,21-22,27-28,33-34,37,40,44,46-48,50,52-54,56,58-78,82H2,1-2H3,(H,85,86)/b7-5-,8-6-,13-11-,14-12-,19-17-,20-18-,25-23-,26-24-,31-29-,32-30-,36-35-,39-38-,42-41-,45-43-,51-49-,57-55-. The Balaban J connectivity index is 3.97. The molecule has 0 amide bonds. The van der Waals surface area contributed by atoms with Crippen molar-refractivity contribution in [2.24, 2.45) is 5.73 Å². The minimum absolute atomic E-state index is 0.0419. The average molecular weight is 1280 g/mol. The number of phosphoric ester groups is 1. The predicted octanol–water partition coefficient (Wildman–Crippen LogP) is 24.1. The third-order valence-electron chi connectivity index (χ3n) is 14.5. The van der Waals surface area contributed by atoms with Gasteiger partial charge < -0.3 is 20.1 Å². The molecule has 3 N–H and O–H groups in total. The van der Waals surface area contributed by atoms with E-state index >= 15 is 0 Å². The fourth-order valence-electron chi connectivity index (χ4n) is 9.26. The zero-order chi connectivity index (χ0) is 65.8. The first-order valence-corrected chi connectivity index (χ1v) is 37.4. The molecule has 0 rings (SSSR count). The first-order chi connectivity index (χ1) is 44.8. The molecular weight excluding hydrogens is 1150 g/mol. The number of rotatable bonds is 65. The molecular formula is C81H130NO8P. The second-order valence-corrected chi connectivity index (χ2v) is 24.4. The molecule has 0 saturated carbocycles. The van der Waals surface area contributed by atoms with E-state index in [0.717, 1.165) is 161 Å².